The van der Waals surface area contributed by atoms with Crippen LogP contribution in [0, 0.1) is 18.7 Å². The highest BCUT2D eigenvalue weighted by molar-refractivity contribution is 5.81. The number of carbonyl (C=O) groups is 1. The molecule has 0 saturated carbocycles. The van der Waals surface area contributed by atoms with Gasteiger partial charge in [0.25, 0.3) is 0 Å². The summed E-state index contributed by atoms with van der Waals surface area (Å²) in [6.45, 7) is 2.43. The summed E-state index contributed by atoms with van der Waals surface area (Å²) in [5.74, 6) is -0.316. The highest BCUT2D eigenvalue weighted by Crippen LogP contribution is 2.16. The van der Waals surface area contributed by atoms with Crippen molar-refractivity contribution in [1.29, 1.82) is 0 Å². The van der Waals surface area contributed by atoms with Crippen molar-refractivity contribution in [3.05, 3.63) is 47.3 Å². The van der Waals surface area contributed by atoms with Gasteiger partial charge in [-0.05, 0) is 43.0 Å². The lowest BCUT2D eigenvalue weighted by Gasteiger charge is -2.11. The number of benzene rings is 1. The third-order valence-corrected chi connectivity index (χ3v) is 3.45. The number of amides is 1. The van der Waals surface area contributed by atoms with Crippen LogP contribution in [0.2, 0.25) is 0 Å². The van der Waals surface area contributed by atoms with Crippen LogP contribution in [0.3, 0.4) is 0 Å². The molecule has 3 nitrogen and oxygen atoms in total. The molecule has 0 fully saturated rings. The fourth-order valence-electron chi connectivity index (χ4n) is 2.31. The second-order valence-electron chi connectivity index (χ2n) is 5.00. The number of nitrogens with one attached hydrogen (secondary N) is 1. The first-order valence-corrected chi connectivity index (χ1v) is 6.53. The van der Waals surface area contributed by atoms with Gasteiger partial charge in [-0.1, -0.05) is 18.2 Å². The highest BCUT2D eigenvalue weighted by Gasteiger charge is 2.22. The zero-order valence-corrected chi connectivity index (χ0v) is 11.0. The van der Waals surface area contributed by atoms with Crippen molar-refractivity contribution in [2.45, 2.75) is 25.8 Å². The van der Waals surface area contributed by atoms with Crippen LogP contribution in [0.4, 0.5) is 4.39 Å². The van der Waals surface area contributed by atoms with E-state index in [1.807, 2.05) is 19.1 Å². The topological polar surface area (TPSA) is 55.1 Å². The summed E-state index contributed by atoms with van der Waals surface area (Å²) < 4.78 is 12.9. The van der Waals surface area contributed by atoms with E-state index in [4.69, 9.17) is 5.73 Å². The van der Waals surface area contributed by atoms with Crippen molar-refractivity contribution in [3.8, 4) is 0 Å². The third-order valence-electron chi connectivity index (χ3n) is 3.45. The molecule has 0 aromatic heterocycles. The van der Waals surface area contributed by atoms with Crippen molar-refractivity contribution in [3.63, 3.8) is 0 Å². The Labute approximate surface area is 112 Å². The molecule has 1 aliphatic carbocycles. The van der Waals surface area contributed by atoms with Gasteiger partial charge in [-0.2, -0.15) is 0 Å². The molecule has 0 heterocycles. The Morgan fingerprint density at radius 1 is 1.47 bits per heavy atom. The minimum absolute atomic E-state index is 0.00454. The monoisotopic (exact) mass is 262 g/mol. The van der Waals surface area contributed by atoms with E-state index in [0.29, 0.717) is 19.4 Å². The van der Waals surface area contributed by atoms with Gasteiger partial charge in [0.15, 0.2) is 0 Å². The van der Waals surface area contributed by atoms with Crippen molar-refractivity contribution >= 4 is 5.91 Å². The van der Waals surface area contributed by atoms with Crippen LogP contribution in [0.1, 0.15) is 17.5 Å². The average Bonchev–Trinajstić information content (AvgIpc) is 2.78. The molecule has 1 aliphatic rings. The molecule has 4 heteroatoms. The first-order valence-electron chi connectivity index (χ1n) is 6.53. The molecule has 1 amide bonds. The summed E-state index contributed by atoms with van der Waals surface area (Å²) in [6.07, 6.45) is 5.12. The molecule has 2 atom stereocenters. The number of hydrogen-bond acceptors (Lipinski definition) is 2. The van der Waals surface area contributed by atoms with Crippen LogP contribution >= 0.6 is 0 Å². The summed E-state index contributed by atoms with van der Waals surface area (Å²) in [7, 11) is 0. The van der Waals surface area contributed by atoms with Crippen LogP contribution in [-0.2, 0) is 11.2 Å². The van der Waals surface area contributed by atoms with E-state index in [9.17, 15) is 9.18 Å². The van der Waals surface area contributed by atoms with Gasteiger partial charge in [0.2, 0.25) is 5.91 Å². The van der Waals surface area contributed by atoms with Crippen LogP contribution in [0.15, 0.2) is 30.4 Å². The van der Waals surface area contributed by atoms with E-state index in [0.717, 1.165) is 11.1 Å². The van der Waals surface area contributed by atoms with E-state index in [-0.39, 0.29) is 23.7 Å². The minimum atomic E-state index is -0.227. The van der Waals surface area contributed by atoms with Gasteiger partial charge in [0, 0.05) is 12.6 Å². The van der Waals surface area contributed by atoms with E-state index in [2.05, 4.69) is 5.32 Å². The quantitative estimate of drug-likeness (QED) is 0.811. The Hall–Kier alpha value is -1.68. The lowest BCUT2D eigenvalue weighted by atomic mass is 10.0. The van der Waals surface area contributed by atoms with E-state index in [1.54, 1.807) is 6.07 Å². The molecule has 0 radical (unpaired) electrons. The van der Waals surface area contributed by atoms with Gasteiger partial charge in [-0.15, -0.1) is 0 Å². The van der Waals surface area contributed by atoms with Crippen LogP contribution in [0.5, 0.6) is 0 Å². The van der Waals surface area contributed by atoms with Crippen molar-refractivity contribution in [1.82, 2.24) is 5.32 Å². The summed E-state index contributed by atoms with van der Waals surface area (Å²) in [5.41, 5.74) is 7.68. The zero-order chi connectivity index (χ0) is 13.8. The fraction of sp³-hybridized carbons (Fsp3) is 0.400. The first kappa shape index (κ1) is 13.7. The standard InChI is InChI=1S/C15H19FN2O/c1-10-8-13(16)4-2-11(10)6-7-18-15(19)12-3-5-14(17)9-12/h2-5,8,12,14H,6-7,9,17H2,1H3,(H,18,19). The van der Waals surface area contributed by atoms with Crippen molar-refractivity contribution in [2.24, 2.45) is 11.7 Å². The van der Waals surface area contributed by atoms with Crippen molar-refractivity contribution in [2.75, 3.05) is 6.54 Å². The predicted molar refractivity (Wildman–Crippen MR) is 73.1 cm³/mol. The molecule has 0 bridgehead atoms. The molecule has 0 spiro atoms. The second kappa shape index (κ2) is 5.97. The van der Waals surface area contributed by atoms with Gasteiger partial charge in [-0.3, -0.25) is 4.79 Å². The normalized spacial score (nSPS) is 21.6. The lowest BCUT2D eigenvalue weighted by Crippen LogP contribution is -2.32. The van der Waals surface area contributed by atoms with Gasteiger partial charge >= 0.3 is 0 Å². The second-order valence-corrected chi connectivity index (χ2v) is 5.00. The maximum Gasteiger partial charge on any atom is 0.227 e. The Balaban J connectivity index is 1.80. The zero-order valence-electron chi connectivity index (χ0n) is 11.0. The molecular weight excluding hydrogens is 243 g/mol. The SMILES string of the molecule is Cc1cc(F)ccc1CCNC(=O)C1C=CC(N)C1. The largest absolute Gasteiger partial charge is 0.355 e. The molecule has 2 rings (SSSR count). The van der Waals surface area contributed by atoms with Crippen LogP contribution in [-0.4, -0.2) is 18.5 Å². The highest BCUT2D eigenvalue weighted by atomic mass is 19.1. The number of aryl methyl sites for hydroxylation is 1. The molecule has 19 heavy (non-hydrogen) atoms. The summed E-state index contributed by atoms with van der Waals surface area (Å²) >= 11 is 0. The molecule has 0 saturated heterocycles. The summed E-state index contributed by atoms with van der Waals surface area (Å²) in [6, 6.07) is 4.72. The van der Waals surface area contributed by atoms with Crippen LogP contribution in [0.25, 0.3) is 0 Å². The lowest BCUT2D eigenvalue weighted by molar-refractivity contribution is -0.123. The Bertz CT molecular complexity index is 499. The average molecular weight is 262 g/mol. The van der Waals surface area contributed by atoms with Crippen LogP contribution < -0.4 is 11.1 Å². The number of carbonyl (C=O) groups excluding carboxylic acids is 1. The fourth-order valence-corrected chi connectivity index (χ4v) is 2.31. The van der Waals surface area contributed by atoms with Gasteiger partial charge in [-0.25, -0.2) is 4.39 Å². The summed E-state index contributed by atoms with van der Waals surface area (Å²) in [4.78, 5) is 11.8. The minimum Gasteiger partial charge on any atom is -0.355 e. The van der Waals surface area contributed by atoms with Gasteiger partial charge in [0.05, 0.1) is 5.92 Å². The molecule has 102 valence electrons. The number of nitrogens with two attached hydrogens (primary N) is 1. The number of rotatable bonds is 4. The molecule has 2 unspecified atom stereocenters. The number of halogens is 1. The molecule has 1 aromatic rings. The third kappa shape index (κ3) is 3.64. The Morgan fingerprint density at radius 2 is 2.26 bits per heavy atom. The number of hydrogen-bond donors (Lipinski definition) is 2. The first-order chi connectivity index (χ1) is 9.06. The molecule has 3 N–H and O–H groups in total. The van der Waals surface area contributed by atoms with Crippen molar-refractivity contribution < 1.29 is 9.18 Å². The maximum atomic E-state index is 12.9. The Morgan fingerprint density at radius 3 is 2.89 bits per heavy atom. The maximum absolute atomic E-state index is 12.9. The molecule has 0 aliphatic heterocycles. The van der Waals surface area contributed by atoms with Gasteiger partial charge < -0.3 is 11.1 Å². The summed E-state index contributed by atoms with van der Waals surface area (Å²) in [5, 5.41) is 2.90. The van der Waals surface area contributed by atoms with E-state index in [1.165, 1.54) is 12.1 Å². The van der Waals surface area contributed by atoms with Gasteiger partial charge in [0.1, 0.15) is 5.82 Å². The Kier molecular flexibility index (Phi) is 4.32. The predicted octanol–water partition coefficient (Wildman–Crippen LogP) is 1.70. The smallest absolute Gasteiger partial charge is 0.227 e. The van der Waals surface area contributed by atoms with E-state index >= 15 is 0 Å². The molecular formula is C15H19FN2O. The molecule has 1 aromatic carbocycles. The van der Waals surface area contributed by atoms with E-state index < -0.39 is 0 Å².